The summed E-state index contributed by atoms with van der Waals surface area (Å²) in [6, 6.07) is 0. The van der Waals surface area contributed by atoms with Crippen molar-refractivity contribution in [2.24, 2.45) is 11.8 Å². The highest BCUT2D eigenvalue weighted by Crippen LogP contribution is 2.18. The van der Waals surface area contributed by atoms with Crippen LogP contribution in [0.25, 0.3) is 0 Å². The van der Waals surface area contributed by atoms with E-state index in [9.17, 15) is 9.59 Å². The normalized spacial score (nSPS) is 17.0. The van der Waals surface area contributed by atoms with Gasteiger partial charge in [-0.1, -0.05) is 155 Å². The minimum absolute atomic E-state index is 0.0496. The van der Waals surface area contributed by atoms with Crippen molar-refractivity contribution in [3.05, 3.63) is 0 Å². The number of nitrogens with one attached hydrogen (secondary N) is 3. The monoisotopic (exact) mass is 550 g/mol. The van der Waals surface area contributed by atoms with E-state index >= 15 is 0 Å². The van der Waals surface area contributed by atoms with Crippen LogP contribution in [-0.4, -0.2) is 38.0 Å². The summed E-state index contributed by atoms with van der Waals surface area (Å²) in [7, 11) is 0. The van der Waals surface area contributed by atoms with Crippen molar-refractivity contribution >= 4 is 11.8 Å². The Balaban J connectivity index is 1.96. The number of amides is 2. The fraction of sp³-hybridized carbons (Fsp3) is 0.941. The van der Waals surface area contributed by atoms with E-state index in [-0.39, 0.29) is 23.7 Å². The molecular weight excluding hydrogens is 482 g/mol. The summed E-state index contributed by atoms with van der Waals surface area (Å²) in [5.41, 5.74) is 0. The Morgan fingerprint density at radius 1 is 0.462 bits per heavy atom. The topological polar surface area (TPSA) is 70.2 Å². The molecule has 2 unspecified atom stereocenters. The van der Waals surface area contributed by atoms with Crippen LogP contribution in [0.2, 0.25) is 0 Å². The molecule has 1 saturated heterocycles. The maximum Gasteiger partial charge on any atom is 0.225 e. The molecule has 0 saturated carbocycles. The minimum Gasteiger partial charge on any atom is -0.356 e. The van der Waals surface area contributed by atoms with Crippen molar-refractivity contribution in [3.8, 4) is 0 Å². The lowest BCUT2D eigenvalue weighted by Crippen LogP contribution is -2.42. The molecular formula is C34H67N3O2. The van der Waals surface area contributed by atoms with Crippen LogP contribution < -0.4 is 16.0 Å². The van der Waals surface area contributed by atoms with Crippen molar-refractivity contribution in [2.75, 3.05) is 26.2 Å². The van der Waals surface area contributed by atoms with E-state index in [1.54, 1.807) is 0 Å². The molecule has 1 aliphatic heterocycles. The van der Waals surface area contributed by atoms with Gasteiger partial charge in [0.15, 0.2) is 0 Å². The molecule has 1 heterocycles. The fourth-order valence-electron chi connectivity index (χ4n) is 5.85. The Morgan fingerprint density at radius 3 is 1.00 bits per heavy atom. The largest absolute Gasteiger partial charge is 0.356 e. The molecule has 0 aromatic carbocycles. The first-order valence-corrected chi connectivity index (χ1v) is 17.5. The van der Waals surface area contributed by atoms with Crippen LogP contribution in [0.5, 0.6) is 0 Å². The van der Waals surface area contributed by atoms with Gasteiger partial charge in [0.2, 0.25) is 11.8 Å². The van der Waals surface area contributed by atoms with Crippen molar-refractivity contribution in [2.45, 2.75) is 168 Å². The Labute approximate surface area is 243 Å². The first kappa shape index (κ1) is 35.9. The van der Waals surface area contributed by atoms with Gasteiger partial charge in [-0.15, -0.1) is 0 Å². The molecule has 0 aliphatic carbocycles. The maximum absolute atomic E-state index is 12.7. The third-order valence-corrected chi connectivity index (χ3v) is 8.55. The van der Waals surface area contributed by atoms with E-state index in [4.69, 9.17) is 0 Å². The molecule has 1 rings (SSSR count). The number of hydrogen-bond donors (Lipinski definition) is 3. The lowest BCUT2D eigenvalue weighted by Gasteiger charge is -2.18. The fourth-order valence-corrected chi connectivity index (χ4v) is 5.85. The predicted octanol–water partition coefficient (Wildman–Crippen LogP) is 8.46. The SMILES string of the molecule is CCCCCCCCCCCCCCNC(=O)C1CNCC1C(=O)NCCCCCCCCCCCCCC. The van der Waals surface area contributed by atoms with Crippen LogP contribution in [0.1, 0.15) is 168 Å². The van der Waals surface area contributed by atoms with E-state index in [0.29, 0.717) is 13.1 Å². The van der Waals surface area contributed by atoms with Gasteiger partial charge in [0.1, 0.15) is 0 Å². The van der Waals surface area contributed by atoms with Crippen LogP contribution in [-0.2, 0) is 9.59 Å². The van der Waals surface area contributed by atoms with E-state index in [1.165, 1.54) is 141 Å². The molecule has 0 radical (unpaired) electrons. The summed E-state index contributed by atoms with van der Waals surface area (Å²) in [6.07, 6.45) is 31.7. The first-order chi connectivity index (χ1) is 19.2. The Hall–Kier alpha value is -1.10. The smallest absolute Gasteiger partial charge is 0.225 e. The van der Waals surface area contributed by atoms with Crippen molar-refractivity contribution in [1.82, 2.24) is 16.0 Å². The first-order valence-electron chi connectivity index (χ1n) is 17.5. The lowest BCUT2D eigenvalue weighted by molar-refractivity contribution is -0.132. The highest BCUT2D eigenvalue weighted by molar-refractivity contribution is 5.88. The van der Waals surface area contributed by atoms with Gasteiger partial charge < -0.3 is 16.0 Å². The van der Waals surface area contributed by atoms with Gasteiger partial charge in [0.05, 0.1) is 11.8 Å². The molecule has 5 nitrogen and oxygen atoms in total. The molecule has 2 amide bonds. The molecule has 0 bridgehead atoms. The van der Waals surface area contributed by atoms with Gasteiger partial charge in [-0.2, -0.15) is 0 Å². The van der Waals surface area contributed by atoms with Crippen LogP contribution >= 0.6 is 0 Å². The summed E-state index contributed by atoms with van der Waals surface area (Å²) >= 11 is 0. The van der Waals surface area contributed by atoms with Crippen molar-refractivity contribution < 1.29 is 9.59 Å². The zero-order valence-electron chi connectivity index (χ0n) is 26.3. The van der Waals surface area contributed by atoms with Gasteiger partial charge >= 0.3 is 0 Å². The molecule has 2 atom stereocenters. The molecule has 0 aromatic heterocycles. The van der Waals surface area contributed by atoms with Crippen molar-refractivity contribution in [1.29, 1.82) is 0 Å². The van der Waals surface area contributed by atoms with Gasteiger partial charge in [0.25, 0.3) is 0 Å². The molecule has 230 valence electrons. The average molecular weight is 550 g/mol. The summed E-state index contributed by atoms with van der Waals surface area (Å²) in [5.74, 6) is -0.365. The van der Waals surface area contributed by atoms with Crippen LogP contribution in [0.15, 0.2) is 0 Å². The van der Waals surface area contributed by atoms with Crippen LogP contribution in [0.4, 0.5) is 0 Å². The summed E-state index contributed by atoms with van der Waals surface area (Å²) in [6.45, 7) is 7.24. The van der Waals surface area contributed by atoms with Gasteiger partial charge in [-0.25, -0.2) is 0 Å². The van der Waals surface area contributed by atoms with E-state index in [1.807, 2.05) is 0 Å². The quantitative estimate of drug-likeness (QED) is 0.0857. The summed E-state index contributed by atoms with van der Waals surface area (Å²) in [4.78, 5) is 25.4. The van der Waals surface area contributed by atoms with Crippen LogP contribution in [0, 0.1) is 11.8 Å². The van der Waals surface area contributed by atoms with E-state index in [0.717, 1.165) is 25.9 Å². The zero-order valence-corrected chi connectivity index (χ0v) is 26.3. The number of carbonyl (C=O) groups excluding carboxylic acids is 2. The van der Waals surface area contributed by atoms with Gasteiger partial charge in [-0.05, 0) is 12.8 Å². The van der Waals surface area contributed by atoms with Gasteiger partial charge in [0, 0.05) is 26.2 Å². The lowest BCUT2D eigenvalue weighted by atomic mass is 9.94. The predicted molar refractivity (Wildman–Crippen MR) is 168 cm³/mol. The molecule has 1 fully saturated rings. The summed E-state index contributed by atoms with van der Waals surface area (Å²) in [5, 5.41) is 9.47. The third kappa shape index (κ3) is 20.4. The highest BCUT2D eigenvalue weighted by Gasteiger charge is 2.37. The molecule has 0 aromatic rings. The summed E-state index contributed by atoms with van der Waals surface area (Å²) < 4.78 is 0. The van der Waals surface area contributed by atoms with E-state index < -0.39 is 0 Å². The minimum atomic E-state index is -0.232. The standard InChI is InChI=1S/C34H67N3O2/c1-3-5-7-9-11-13-15-17-19-21-23-25-27-36-33(38)31-29-35-30-32(31)34(39)37-28-26-24-22-20-18-16-14-12-10-8-6-4-2/h31-32,35H,3-30H2,1-2H3,(H,36,38)(H,37,39). The number of rotatable bonds is 28. The Bertz CT molecular complexity index is 521. The second-order valence-electron chi connectivity index (χ2n) is 12.2. The molecule has 5 heteroatoms. The second-order valence-corrected chi connectivity index (χ2v) is 12.2. The maximum atomic E-state index is 12.7. The number of unbranched alkanes of at least 4 members (excludes halogenated alkanes) is 22. The molecule has 39 heavy (non-hydrogen) atoms. The second kappa shape index (κ2) is 27.1. The Morgan fingerprint density at radius 2 is 0.718 bits per heavy atom. The number of hydrogen-bond acceptors (Lipinski definition) is 3. The third-order valence-electron chi connectivity index (χ3n) is 8.55. The van der Waals surface area contributed by atoms with Crippen LogP contribution in [0.3, 0.4) is 0 Å². The number of carbonyl (C=O) groups is 2. The van der Waals surface area contributed by atoms with E-state index in [2.05, 4.69) is 29.8 Å². The molecule has 1 aliphatic rings. The Kier molecular flexibility index (Phi) is 25.0. The van der Waals surface area contributed by atoms with Gasteiger partial charge in [-0.3, -0.25) is 9.59 Å². The highest BCUT2D eigenvalue weighted by atomic mass is 16.2. The molecule has 3 N–H and O–H groups in total. The zero-order chi connectivity index (χ0) is 28.2. The van der Waals surface area contributed by atoms with Crippen molar-refractivity contribution in [3.63, 3.8) is 0 Å². The average Bonchev–Trinajstić information content (AvgIpc) is 3.44. The molecule has 0 spiro atoms.